The summed E-state index contributed by atoms with van der Waals surface area (Å²) in [5.41, 5.74) is 0. The third-order valence-corrected chi connectivity index (χ3v) is 4.99. The van der Waals surface area contributed by atoms with Gasteiger partial charge in [-0.15, -0.1) is 0 Å². The molecule has 22 heavy (non-hydrogen) atoms. The SMILES string of the molecule is CP(c1ccccc1)c1ccccc1.[CH]1[CH][CH][CH][CH]1.[I][Co][I]. The first kappa shape index (κ1) is 20.9. The van der Waals surface area contributed by atoms with Crippen LogP contribution in [0.25, 0.3) is 0 Å². The molecule has 0 heterocycles. The van der Waals surface area contributed by atoms with Gasteiger partial charge in [-0.1, -0.05) is 60.7 Å². The summed E-state index contributed by atoms with van der Waals surface area (Å²) in [6.45, 7) is 2.31. The Bertz CT molecular complexity index is 428. The molecular formula is C18H18CoI2P. The average Bonchev–Trinajstić information content (AvgIpc) is 3.16. The molecule has 0 N–H and O–H groups in total. The van der Waals surface area contributed by atoms with Gasteiger partial charge in [-0.3, -0.25) is 0 Å². The predicted molar refractivity (Wildman–Crippen MR) is 115 cm³/mol. The molecule has 1 aliphatic rings. The fraction of sp³-hybridized carbons (Fsp3) is 0.0556. The van der Waals surface area contributed by atoms with Crippen LogP contribution >= 0.6 is 48.8 Å². The summed E-state index contributed by atoms with van der Waals surface area (Å²) in [4.78, 5) is 0. The Morgan fingerprint density at radius 3 is 1.18 bits per heavy atom. The first-order chi connectivity index (χ1) is 10.8. The molecule has 3 rings (SSSR count). The Kier molecular flexibility index (Phi) is 13.5. The van der Waals surface area contributed by atoms with Crippen LogP contribution in [0.2, 0.25) is 0 Å². The van der Waals surface area contributed by atoms with Crippen LogP contribution < -0.4 is 10.6 Å². The van der Waals surface area contributed by atoms with Crippen molar-refractivity contribution in [2.75, 3.05) is 6.66 Å². The van der Waals surface area contributed by atoms with Crippen molar-refractivity contribution in [1.29, 1.82) is 0 Å². The van der Waals surface area contributed by atoms with Gasteiger partial charge in [0, 0.05) is 0 Å². The monoisotopic (exact) mass is 578 g/mol. The topological polar surface area (TPSA) is 0 Å². The van der Waals surface area contributed by atoms with Gasteiger partial charge in [-0.25, -0.2) is 0 Å². The molecular weight excluding hydrogens is 560 g/mol. The zero-order chi connectivity index (χ0) is 16.0. The zero-order valence-electron chi connectivity index (χ0n) is 12.2. The quantitative estimate of drug-likeness (QED) is 0.325. The van der Waals surface area contributed by atoms with Gasteiger partial charge >= 0.3 is 49.1 Å². The average molecular weight is 578 g/mol. The molecule has 0 unspecified atom stereocenters. The van der Waals surface area contributed by atoms with E-state index in [1.807, 2.05) is 32.1 Å². The molecule has 4 heteroatoms. The summed E-state index contributed by atoms with van der Waals surface area (Å²) < 4.78 is 0. The van der Waals surface area contributed by atoms with Gasteiger partial charge in [0.2, 0.25) is 0 Å². The minimum atomic E-state index is -0.171. The number of rotatable bonds is 2. The van der Waals surface area contributed by atoms with Gasteiger partial charge in [0.25, 0.3) is 0 Å². The minimum absolute atomic E-state index is 0.171. The second-order valence-corrected chi connectivity index (χ2v) is 15.2. The number of halogens is 2. The summed E-state index contributed by atoms with van der Waals surface area (Å²) >= 11 is 4.49. The molecule has 1 aliphatic carbocycles. The molecule has 2 aromatic carbocycles. The Morgan fingerprint density at radius 2 is 0.909 bits per heavy atom. The van der Waals surface area contributed by atoms with Crippen molar-refractivity contribution >= 4 is 59.4 Å². The van der Waals surface area contributed by atoms with Crippen molar-refractivity contribution in [2.24, 2.45) is 0 Å². The van der Waals surface area contributed by atoms with Crippen molar-refractivity contribution in [3.63, 3.8) is 0 Å². The van der Waals surface area contributed by atoms with E-state index in [4.69, 9.17) is 0 Å². The molecule has 2 aromatic rings. The van der Waals surface area contributed by atoms with E-state index in [1.54, 1.807) is 0 Å². The fourth-order valence-electron chi connectivity index (χ4n) is 1.77. The van der Waals surface area contributed by atoms with Crippen LogP contribution in [-0.2, 0) is 8.26 Å². The Labute approximate surface area is 165 Å². The summed E-state index contributed by atoms with van der Waals surface area (Å²) in [7, 11) is 1.21. The van der Waals surface area contributed by atoms with E-state index in [0.29, 0.717) is 0 Å². The molecule has 5 radical (unpaired) electrons. The molecule has 118 valence electrons. The standard InChI is InChI=1S/C13H13P.C5H5.Co.2HI/c1-14(12-8-4-2-5-9-12)13-10-6-3-7-11-13;1-2-4-5-3-1;;;/h2-11H,1H3;1-5H;;2*1H/q;;+2;;/p-2. The summed E-state index contributed by atoms with van der Waals surface area (Å²) in [5.74, 6) is 0. The first-order valence-corrected chi connectivity index (χ1v) is 15.1. The summed E-state index contributed by atoms with van der Waals surface area (Å²) in [6.07, 6.45) is 10.0. The molecule has 1 fully saturated rings. The second kappa shape index (κ2) is 14.2. The third-order valence-electron chi connectivity index (χ3n) is 2.84. The molecule has 0 bridgehead atoms. The molecule has 0 atom stereocenters. The van der Waals surface area contributed by atoms with E-state index in [0.717, 1.165) is 0 Å². The van der Waals surface area contributed by atoms with Crippen LogP contribution in [0.5, 0.6) is 0 Å². The number of hydrogen-bond acceptors (Lipinski definition) is 0. The van der Waals surface area contributed by atoms with Crippen LogP contribution in [-0.4, -0.2) is 6.66 Å². The van der Waals surface area contributed by atoms with Gasteiger partial charge in [-0.2, -0.15) is 0 Å². The number of benzene rings is 2. The van der Waals surface area contributed by atoms with Crippen LogP contribution in [0.1, 0.15) is 0 Å². The second-order valence-electron chi connectivity index (χ2n) is 4.24. The van der Waals surface area contributed by atoms with Crippen molar-refractivity contribution in [3.05, 3.63) is 92.8 Å². The van der Waals surface area contributed by atoms with Crippen LogP contribution in [0, 0.1) is 32.1 Å². The maximum absolute atomic E-state index is 2.31. The Hall–Kier alpha value is 0.836. The maximum atomic E-state index is 2.31. The normalized spacial score (nSPS) is 13.1. The number of hydrogen-bond donors (Lipinski definition) is 0. The van der Waals surface area contributed by atoms with E-state index in [9.17, 15) is 0 Å². The molecule has 0 saturated heterocycles. The third kappa shape index (κ3) is 9.21. The zero-order valence-corrected chi connectivity index (χ0v) is 18.4. The van der Waals surface area contributed by atoms with Crippen molar-refractivity contribution in [1.82, 2.24) is 0 Å². The Morgan fingerprint density at radius 1 is 0.636 bits per heavy atom. The molecule has 0 spiro atoms. The van der Waals surface area contributed by atoms with E-state index in [2.05, 4.69) is 108 Å². The van der Waals surface area contributed by atoms with Gasteiger partial charge in [0.15, 0.2) is 0 Å². The molecule has 0 aromatic heterocycles. The van der Waals surface area contributed by atoms with E-state index < -0.39 is 0 Å². The van der Waals surface area contributed by atoms with E-state index in [-0.39, 0.29) is 7.92 Å². The van der Waals surface area contributed by atoms with Crippen molar-refractivity contribution in [2.45, 2.75) is 0 Å². The van der Waals surface area contributed by atoms with Gasteiger partial charge in [0.1, 0.15) is 0 Å². The van der Waals surface area contributed by atoms with Crippen LogP contribution in [0.15, 0.2) is 60.7 Å². The predicted octanol–water partition coefficient (Wildman–Crippen LogP) is 5.54. The summed E-state index contributed by atoms with van der Waals surface area (Å²) in [6, 6.07) is 21.4. The molecule has 0 amide bonds. The van der Waals surface area contributed by atoms with Gasteiger partial charge < -0.3 is 0 Å². The van der Waals surface area contributed by atoms with Gasteiger partial charge in [-0.05, 0) is 57.3 Å². The van der Waals surface area contributed by atoms with Gasteiger partial charge in [0.05, 0.1) is 0 Å². The first-order valence-electron chi connectivity index (χ1n) is 6.63. The Balaban J connectivity index is 0.000000250. The van der Waals surface area contributed by atoms with E-state index >= 15 is 0 Å². The van der Waals surface area contributed by atoms with Crippen molar-refractivity contribution < 1.29 is 8.26 Å². The summed E-state index contributed by atoms with van der Waals surface area (Å²) in [5, 5.41) is 2.88. The molecule has 0 nitrogen and oxygen atoms in total. The van der Waals surface area contributed by atoms with Crippen LogP contribution in [0.4, 0.5) is 0 Å². The fourth-order valence-corrected chi connectivity index (χ4v) is 3.31. The van der Waals surface area contributed by atoms with Crippen LogP contribution in [0.3, 0.4) is 0 Å². The van der Waals surface area contributed by atoms with Crippen molar-refractivity contribution in [3.8, 4) is 0 Å². The molecule has 0 aliphatic heterocycles. The molecule has 1 saturated carbocycles. The van der Waals surface area contributed by atoms with E-state index in [1.165, 1.54) is 18.9 Å².